The van der Waals surface area contributed by atoms with E-state index in [0.717, 1.165) is 84.5 Å². The maximum atomic E-state index is 17.3. The summed E-state index contributed by atoms with van der Waals surface area (Å²) < 4.78 is 44.6. The SMILES string of the molecule is CCc1c(F)ccc2cc(O)cc(-c3c(C)cc4c(N5CC6CCC(C5)N6)nc(OCC5(CN6CCC7(CCOCC7)C6)CC5)nc4c3F)c12. The van der Waals surface area contributed by atoms with Gasteiger partial charge in [-0.1, -0.05) is 13.0 Å². The van der Waals surface area contributed by atoms with Gasteiger partial charge in [-0.15, -0.1) is 0 Å². The number of phenolic OH excluding ortho intramolecular Hbond substituents is 1. The van der Waals surface area contributed by atoms with Crippen molar-refractivity contribution in [1.29, 1.82) is 0 Å². The maximum Gasteiger partial charge on any atom is 0.319 e. The fourth-order valence-electron chi connectivity index (χ4n) is 9.56. The van der Waals surface area contributed by atoms with Crippen LogP contribution in [0.2, 0.25) is 0 Å². The van der Waals surface area contributed by atoms with E-state index < -0.39 is 5.82 Å². The summed E-state index contributed by atoms with van der Waals surface area (Å²) >= 11 is 0. The van der Waals surface area contributed by atoms with E-state index in [1.165, 1.54) is 12.5 Å². The normalized spacial score (nSPS) is 24.1. The molecule has 10 heteroatoms. The van der Waals surface area contributed by atoms with E-state index in [9.17, 15) is 5.11 Å². The summed E-state index contributed by atoms with van der Waals surface area (Å²) in [5.41, 5.74) is 2.58. The Kier molecular flexibility index (Phi) is 7.93. The second kappa shape index (κ2) is 12.3. The molecule has 5 fully saturated rings. The number of aryl methyl sites for hydroxylation is 2. The van der Waals surface area contributed by atoms with Gasteiger partial charge in [0.1, 0.15) is 22.9 Å². The number of phenols is 1. The number of ether oxygens (including phenoxy) is 2. The molecule has 2 N–H and O–H groups in total. The average molecular weight is 684 g/mol. The smallest absolute Gasteiger partial charge is 0.319 e. The first-order valence-corrected chi connectivity index (χ1v) is 18.6. The lowest BCUT2D eigenvalue weighted by atomic mass is 9.80. The first kappa shape index (κ1) is 32.3. The van der Waals surface area contributed by atoms with Crippen LogP contribution in [0.15, 0.2) is 30.3 Å². The zero-order valence-electron chi connectivity index (χ0n) is 29.2. The number of aromatic hydroxyl groups is 1. The van der Waals surface area contributed by atoms with Crippen molar-refractivity contribution in [3.05, 3.63) is 53.1 Å². The lowest BCUT2D eigenvalue weighted by molar-refractivity contribution is 0.0179. The van der Waals surface area contributed by atoms with Crippen LogP contribution in [0.3, 0.4) is 0 Å². The molecule has 1 aliphatic carbocycles. The fraction of sp³-hybridized carbons (Fsp3) is 0.550. The molecule has 1 aromatic heterocycles. The number of nitrogens with zero attached hydrogens (tertiary/aromatic N) is 4. The Morgan fingerprint density at radius 1 is 1.02 bits per heavy atom. The monoisotopic (exact) mass is 683 g/mol. The van der Waals surface area contributed by atoms with Gasteiger partial charge in [0.25, 0.3) is 0 Å². The van der Waals surface area contributed by atoms with Gasteiger partial charge < -0.3 is 29.7 Å². The molecule has 5 heterocycles. The third-order valence-electron chi connectivity index (χ3n) is 12.5. The number of anilines is 1. The summed E-state index contributed by atoms with van der Waals surface area (Å²) in [6, 6.07) is 9.09. The summed E-state index contributed by atoms with van der Waals surface area (Å²) in [6.07, 6.45) is 8.37. The number of benzene rings is 3. The summed E-state index contributed by atoms with van der Waals surface area (Å²) in [5, 5.41) is 16.4. The van der Waals surface area contributed by atoms with E-state index in [1.54, 1.807) is 18.2 Å². The minimum atomic E-state index is -0.509. The van der Waals surface area contributed by atoms with Crippen molar-refractivity contribution in [3.63, 3.8) is 0 Å². The van der Waals surface area contributed by atoms with Crippen molar-refractivity contribution in [3.8, 4) is 22.9 Å². The molecule has 2 unspecified atom stereocenters. The Bertz CT molecular complexity index is 1960. The molecule has 8 nitrogen and oxygen atoms in total. The molecular weight excluding hydrogens is 636 g/mol. The molecule has 2 bridgehead atoms. The van der Waals surface area contributed by atoms with Gasteiger partial charge in [-0.2, -0.15) is 9.97 Å². The molecule has 4 aliphatic heterocycles. The van der Waals surface area contributed by atoms with Crippen LogP contribution in [0.4, 0.5) is 14.6 Å². The van der Waals surface area contributed by atoms with E-state index in [0.29, 0.717) is 74.8 Å². The molecule has 4 aromatic rings. The Morgan fingerprint density at radius 3 is 2.54 bits per heavy atom. The van der Waals surface area contributed by atoms with Gasteiger partial charge in [-0.3, -0.25) is 0 Å². The highest BCUT2D eigenvalue weighted by atomic mass is 19.1. The molecule has 1 spiro atoms. The van der Waals surface area contributed by atoms with Crippen molar-refractivity contribution in [2.45, 2.75) is 77.3 Å². The van der Waals surface area contributed by atoms with Crippen LogP contribution in [0.5, 0.6) is 11.8 Å². The Balaban J connectivity index is 1.10. The van der Waals surface area contributed by atoms with Gasteiger partial charge >= 0.3 is 6.01 Å². The Morgan fingerprint density at radius 2 is 1.80 bits per heavy atom. The molecule has 0 radical (unpaired) electrons. The zero-order valence-corrected chi connectivity index (χ0v) is 29.2. The third kappa shape index (κ3) is 5.67. The number of aromatic nitrogens is 2. The Labute approximate surface area is 292 Å². The maximum absolute atomic E-state index is 17.3. The molecular formula is C40H47F2N5O3. The van der Waals surface area contributed by atoms with Crippen LogP contribution >= 0.6 is 0 Å². The van der Waals surface area contributed by atoms with Gasteiger partial charge in [-0.25, -0.2) is 8.78 Å². The van der Waals surface area contributed by atoms with Gasteiger partial charge in [0, 0.05) is 67.8 Å². The lowest BCUT2D eigenvalue weighted by Crippen LogP contribution is -2.51. The van der Waals surface area contributed by atoms with E-state index in [1.807, 2.05) is 19.9 Å². The van der Waals surface area contributed by atoms with Gasteiger partial charge in [0.2, 0.25) is 0 Å². The molecule has 9 rings (SSSR count). The van der Waals surface area contributed by atoms with Crippen molar-refractivity contribution in [2.24, 2.45) is 10.8 Å². The van der Waals surface area contributed by atoms with Crippen LogP contribution < -0.4 is 15.0 Å². The van der Waals surface area contributed by atoms with Gasteiger partial charge in [-0.05, 0) is 122 Å². The first-order valence-electron chi connectivity index (χ1n) is 18.6. The second-order valence-electron chi connectivity index (χ2n) is 16.0. The third-order valence-corrected chi connectivity index (χ3v) is 12.5. The highest BCUT2D eigenvalue weighted by Crippen LogP contribution is 2.49. The van der Waals surface area contributed by atoms with Gasteiger partial charge in [0.15, 0.2) is 5.82 Å². The number of rotatable bonds is 8. The predicted molar refractivity (Wildman–Crippen MR) is 191 cm³/mol. The highest BCUT2D eigenvalue weighted by molar-refractivity contribution is 6.04. The van der Waals surface area contributed by atoms with E-state index >= 15 is 8.78 Å². The fourth-order valence-corrected chi connectivity index (χ4v) is 9.56. The number of hydrogen-bond acceptors (Lipinski definition) is 8. The lowest BCUT2D eigenvalue weighted by Gasteiger charge is -2.34. The molecule has 264 valence electrons. The standard InChI is InChI=1S/C40H47F2N5O3/c1-3-29-32(41)7-4-25-17-28(48)18-30(34(25)29)33-24(2)16-31-36(35(33)42)44-38(45-37(31)47-19-26-5-6-27(20-47)43-26)50-23-40(8-9-40)22-46-13-10-39(21-46)11-14-49-15-12-39/h4,7,16-18,26-27,43,48H,3,5-6,8-15,19-23H2,1-2H3. The second-order valence-corrected chi connectivity index (χ2v) is 16.0. The highest BCUT2D eigenvalue weighted by Gasteiger charge is 2.48. The van der Waals surface area contributed by atoms with Crippen LogP contribution in [-0.2, 0) is 11.2 Å². The van der Waals surface area contributed by atoms with Gasteiger partial charge in [0.05, 0.1) is 6.61 Å². The predicted octanol–water partition coefficient (Wildman–Crippen LogP) is 6.91. The van der Waals surface area contributed by atoms with Crippen LogP contribution in [0.1, 0.15) is 63.0 Å². The van der Waals surface area contributed by atoms with Crippen LogP contribution in [0, 0.1) is 29.4 Å². The quantitative estimate of drug-likeness (QED) is 0.208. The Hall–Kier alpha value is -3.60. The number of piperazine rings is 1. The molecule has 2 atom stereocenters. The zero-order chi connectivity index (χ0) is 34.2. The van der Waals surface area contributed by atoms with Crippen molar-refractivity contribution in [2.75, 3.05) is 57.4 Å². The largest absolute Gasteiger partial charge is 0.508 e. The molecule has 3 aromatic carbocycles. The summed E-state index contributed by atoms with van der Waals surface area (Å²) in [7, 11) is 0. The molecule has 4 saturated heterocycles. The molecule has 5 aliphatic rings. The summed E-state index contributed by atoms with van der Waals surface area (Å²) in [6.45, 7) is 10.8. The summed E-state index contributed by atoms with van der Waals surface area (Å²) in [4.78, 5) is 14.7. The van der Waals surface area contributed by atoms with Crippen LogP contribution in [0.25, 0.3) is 32.8 Å². The minimum absolute atomic E-state index is 0.000719. The van der Waals surface area contributed by atoms with E-state index in [4.69, 9.17) is 19.4 Å². The molecule has 1 saturated carbocycles. The van der Waals surface area contributed by atoms with Crippen molar-refractivity contribution >= 4 is 27.5 Å². The number of fused-ring (bicyclic) bond motifs is 4. The molecule has 50 heavy (non-hydrogen) atoms. The van der Waals surface area contributed by atoms with Crippen molar-refractivity contribution < 1.29 is 23.4 Å². The van der Waals surface area contributed by atoms with E-state index in [-0.39, 0.29) is 28.5 Å². The van der Waals surface area contributed by atoms with E-state index in [2.05, 4.69) is 15.1 Å². The summed E-state index contributed by atoms with van der Waals surface area (Å²) in [5.74, 6) is -0.154. The number of halogens is 2. The average Bonchev–Trinajstić information content (AvgIpc) is 3.65. The first-order chi connectivity index (χ1) is 24.2. The van der Waals surface area contributed by atoms with Crippen LogP contribution in [-0.4, -0.2) is 84.6 Å². The number of nitrogens with one attached hydrogen (secondary N) is 1. The number of hydrogen-bond donors (Lipinski definition) is 2. The van der Waals surface area contributed by atoms with Crippen molar-refractivity contribution in [1.82, 2.24) is 20.2 Å². The topological polar surface area (TPSA) is 83.0 Å². The minimum Gasteiger partial charge on any atom is -0.508 e. The number of likely N-dealkylation sites (tertiary alicyclic amines) is 1. The molecule has 0 amide bonds.